The molecule has 2 aromatic carbocycles. The number of anilines is 2. The zero-order valence-electron chi connectivity index (χ0n) is 17.3. The van der Waals surface area contributed by atoms with Gasteiger partial charge in [-0.3, -0.25) is 4.99 Å². The predicted octanol–water partition coefficient (Wildman–Crippen LogP) is 4.48. The molecule has 5 rings (SSSR count). The van der Waals surface area contributed by atoms with Crippen molar-refractivity contribution >= 4 is 23.4 Å². The summed E-state index contributed by atoms with van der Waals surface area (Å²) in [4.78, 5) is 13.3. The standard InChI is InChI=1S/C24H22FN5O/c1-24(2,14-31)17-3-5-18(6-4-17)28-22-23-27-7-8-30(23)13-21(29-22)15-9-16-11-26-12-19(16)20(25)10-15/h3-10,12-13,31H,11,14H2,1-2H3,(H,28,29). The zero-order chi connectivity index (χ0) is 21.6. The number of benzene rings is 2. The number of aliphatic hydroxyl groups excluding tert-OH is 1. The fourth-order valence-electron chi connectivity index (χ4n) is 3.72. The van der Waals surface area contributed by atoms with Crippen molar-refractivity contribution in [2.24, 2.45) is 4.99 Å². The molecule has 1 aliphatic rings. The first kappa shape index (κ1) is 19.4. The van der Waals surface area contributed by atoms with E-state index in [1.54, 1.807) is 12.4 Å². The van der Waals surface area contributed by atoms with Crippen molar-refractivity contribution in [2.75, 3.05) is 11.9 Å². The molecule has 31 heavy (non-hydrogen) atoms. The number of aliphatic hydroxyl groups is 1. The number of hydrogen-bond donors (Lipinski definition) is 2. The molecule has 6 nitrogen and oxygen atoms in total. The van der Waals surface area contributed by atoms with Crippen LogP contribution < -0.4 is 5.32 Å². The van der Waals surface area contributed by atoms with Gasteiger partial charge in [0.05, 0.1) is 18.8 Å². The van der Waals surface area contributed by atoms with Gasteiger partial charge in [-0.15, -0.1) is 0 Å². The first-order chi connectivity index (χ1) is 14.9. The molecule has 7 heteroatoms. The van der Waals surface area contributed by atoms with Gasteiger partial charge in [-0.25, -0.2) is 14.4 Å². The molecule has 0 amide bonds. The van der Waals surface area contributed by atoms with Crippen LogP contribution in [0.2, 0.25) is 0 Å². The normalized spacial score (nSPS) is 13.0. The van der Waals surface area contributed by atoms with E-state index < -0.39 is 0 Å². The fraction of sp³-hybridized carbons (Fsp3) is 0.208. The molecule has 0 saturated heterocycles. The van der Waals surface area contributed by atoms with Crippen LogP contribution in [-0.4, -0.2) is 32.3 Å². The van der Waals surface area contributed by atoms with E-state index >= 15 is 0 Å². The van der Waals surface area contributed by atoms with Crippen LogP contribution in [0.4, 0.5) is 15.9 Å². The van der Waals surface area contributed by atoms with Crippen LogP contribution in [0.15, 0.2) is 60.0 Å². The predicted molar refractivity (Wildman–Crippen MR) is 120 cm³/mol. The minimum Gasteiger partial charge on any atom is -0.395 e. The number of imidazole rings is 1. The maximum Gasteiger partial charge on any atom is 0.180 e. The van der Waals surface area contributed by atoms with Gasteiger partial charge in [-0.1, -0.05) is 26.0 Å². The number of aliphatic imine (C=N–C) groups is 1. The molecule has 0 aliphatic carbocycles. The molecule has 3 heterocycles. The highest BCUT2D eigenvalue weighted by atomic mass is 19.1. The van der Waals surface area contributed by atoms with Gasteiger partial charge in [0.1, 0.15) is 5.82 Å². The monoisotopic (exact) mass is 415 g/mol. The number of halogens is 1. The lowest BCUT2D eigenvalue weighted by atomic mass is 9.85. The molecule has 0 unspecified atom stereocenters. The maximum absolute atomic E-state index is 14.5. The zero-order valence-corrected chi connectivity index (χ0v) is 17.3. The molecule has 1 aliphatic heterocycles. The maximum atomic E-state index is 14.5. The number of nitrogens with one attached hydrogen (secondary N) is 1. The molecular weight excluding hydrogens is 393 g/mol. The summed E-state index contributed by atoms with van der Waals surface area (Å²) in [5.74, 6) is 0.284. The highest BCUT2D eigenvalue weighted by Gasteiger charge is 2.19. The van der Waals surface area contributed by atoms with E-state index in [9.17, 15) is 9.50 Å². The number of aromatic nitrogens is 3. The van der Waals surface area contributed by atoms with Crippen molar-refractivity contribution in [1.82, 2.24) is 14.4 Å². The Kier molecular flexibility index (Phi) is 4.55. The van der Waals surface area contributed by atoms with Crippen LogP contribution in [0.3, 0.4) is 0 Å². The SMILES string of the molecule is CC(C)(CO)c1ccc(Nc2nc(-c3cc(F)c4c(c3)CN=C4)cn3ccnc23)cc1. The van der Waals surface area contributed by atoms with Gasteiger partial charge >= 0.3 is 0 Å². The molecule has 0 spiro atoms. The average Bonchev–Trinajstić information content (AvgIpc) is 3.43. The second kappa shape index (κ2) is 7.28. The van der Waals surface area contributed by atoms with E-state index in [4.69, 9.17) is 4.98 Å². The minimum absolute atomic E-state index is 0.0699. The van der Waals surface area contributed by atoms with E-state index in [2.05, 4.69) is 15.3 Å². The van der Waals surface area contributed by atoms with E-state index in [1.807, 2.05) is 61.0 Å². The molecule has 0 radical (unpaired) electrons. The Hall–Kier alpha value is -3.58. The van der Waals surface area contributed by atoms with Gasteiger partial charge in [0, 0.05) is 47.0 Å². The Balaban J connectivity index is 1.53. The topological polar surface area (TPSA) is 74.8 Å². The number of fused-ring (bicyclic) bond motifs is 2. The van der Waals surface area contributed by atoms with Crippen LogP contribution in [0.25, 0.3) is 16.9 Å². The summed E-state index contributed by atoms with van der Waals surface area (Å²) in [5, 5.41) is 12.9. The Morgan fingerprint density at radius 3 is 2.77 bits per heavy atom. The lowest BCUT2D eigenvalue weighted by molar-refractivity contribution is 0.218. The van der Waals surface area contributed by atoms with Gasteiger partial charge < -0.3 is 14.8 Å². The van der Waals surface area contributed by atoms with Crippen molar-refractivity contribution in [2.45, 2.75) is 25.8 Å². The van der Waals surface area contributed by atoms with Crippen molar-refractivity contribution in [3.63, 3.8) is 0 Å². The van der Waals surface area contributed by atoms with E-state index in [-0.39, 0.29) is 17.8 Å². The smallest absolute Gasteiger partial charge is 0.180 e. The summed E-state index contributed by atoms with van der Waals surface area (Å²) in [7, 11) is 0. The quantitative estimate of drug-likeness (QED) is 0.504. The van der Waals surface area contributed by atoms with Gasteiger partial charge in [-0.05, 0) is 35.4 Å². The third-order valence-electron chi connectivity index (χ3n) is 5.69. The first-order valence-corrected chi connectivity index (χ1v) is 10.1. The highest BCUT2D eigenvalue weighted by Crippen LogP contribution is 2.30. The number of nitrogens with zero attached hydrogens (tertiary/aromatic N) is 4. The van der Waals surface area contributed by atoms with Crippen molar-refractivity contribution in [3.05, 3.63) is 77.5 Å². The summed E-state index contributed by atoms with van der Waals surface area (Å²) in [6, 6.07) is 11.3. The first-order valence-electron chi connectivity index (χ1n) is 10.1. The molecule has 2 aromatic heterocycles. The Labute approximate surface area is 179 Å². The Morgan fingerprint density at radius 2 is 2.00 bits per heavy atom. The Bertz CT molecular complexity index is 1310. The highest BCUT2D eigenvalue weighted by molar-refractivity contribution is 5.86. The van der Waals surface area contributed by atoms with E-state index in [0.717, 1.165) is 16.8 Å². The van der Waals surface area contributed by atoms with Crippen molar-refractivity contribution in [1.29, 1.82) is 0 Å². The molecule has 0 fully saturated rings. The van der Waals surface area contributed by atoms with Crippen LogP contribution in [0.5, 0.6) is 0 Å². The fourth-order valence-corrected chi connectivity index (χ4v) is 3.72. The van der Waals surface area contributed by atoms with Crippen molar-refractivity contribution < 1.29 is 9.50 Å². The van der Waals surface area contributed by atoms with Gasteiger partial charge in [-0.2, -0.15) is 0 Å². The molecule has 2 N–H and O–H groups in total. The van der Waals surface area contributed by atoms with Gasteiger partial charge in [0.2, 0.25) is 0 Å². The number of hydrogen-bond acceptors (Lipinski definition) is 5. The van der Waals surface area contributed by atoms with Gasteiger partial charge in [0.15, 0.2) is 11.5 Å². The van der Waals surface area contributed by atoms with E-state index in [1.165, 1.54) is 6.07 Å². The van der Waals surface area contributed by atoms with Crippen LogP contribution >= 0.6 is 0 Å². The third kappa shape index (κ3) is 3.47. The van der Waals surface area contributed by atoms with E-state index in [0.29, 0.717) is 34.8 Å². The van der Waals surface area contributed by atoms with Crippen LogP contribution in [-0.2, 0) is 12.0 Å². The second-order valence-corrected chi connectivity index (χ2v) is 8.38. The molecule has 0 saturated carbocycles. The lowest BCUT2D eigenvalue weighted by Crippen LogP contribution is -2.21. The average molecular weight is 415 g/mol. The summed E-state index contributed by atoms with van der Waals surface area (Å²) < 4.78 is 16.4. The molecule has 0 atom stereocenters. The van der Waals surface area contributed by atoms with Gasteiger partial charge in [0.25, 0.3) is 0 Å². The lowest BCUT2D eigenvalue weighted by Gasteiger charge is -2.22. The Morgan fingerprint density at radius 1 is 1.19 bits per heavy atom. The van der Waals surface area contributed by atoms with Crippen molar-refractivity contribution in [3.8, 4) is 11.3 Å². The summed E-state index contributed by atoms with van der Waals surface area (Å²) in [5.41, 5.74) is 5.00. The molecule has 156 valence electrons. The number of rotatable bonds is 5. The minimum atomic E-state index is -0.311. The second-order valence-electron chi connectivity index (χ2n) is 8.38. The summed E-state index contributed by atoms with van der Waals surface area (Å²) in [6.07, 6.45) is 6.97. The summed E-state index contributed by atoms with van der Waals surface area (Å²) in [6.45, 7) is 4.54. The molecule has 0 bridgehead atoms. The third-order valence-corrected chi connectivity index (χ3v) is 5.69. The van der Waals surface area contributed by atoms with Crippen LogP contribution in [0, 0.1) is 5.82 Å². The molecular formula is C24H22FN5O. The van der Waals surface area contributed by atoms with Crippen LogP contribution in [0.1, 0.15) is 30.5 Å². The largest absolute Gasteiger partial charge is 0.395 e. The molecule has 4 aromatic rings. The summed E-state index contributed by atoms with van der Waals surface area (Å²) >= 11 is 0.